The van der Waals surface area contributed by atoms with Crippen LogP contribution in [0.1, 0.15) is 18.1 Å². The molecule has 0 unspecified atom stereocenters. The Morgan fingerprint density at radius 3 is 2.88 bits per heavy atom. The van der Waals surface area contributed by atoms with E-state index in [9.17, 15) is 18.9 Å². The van der Waals surface area contributed by atoms with Crippen LogP contribution in [-0.4, -0.2) is 19.5 Å². The van der Waals surface area contributed by atoms with Crippen molar-refractivity contribution in [2.75, 3.05) is 5.32 Å². The van der Waals surface area contributed by atoms with Gasteiger partial charge in [-0.15, -0.1) is 0 Å². The van der Waals surface area contributed by atoms with Crippen molar-refractivity contribution in [3.8, 4) is 0 Å². The van der Waals surface area contributed by atoms with Crippen LogP contribution in [0, 0.1) is 17.0 Å². The molecule has 0 saturated carbocycles. The maximum atomic E-state index is 12.9. The summed E-state index contributed by atoms with van der Waals surface area (Å²) in [6.45, 7) is -0.841. The first-order chi connectivity index (χ1) is 11.5. The minimum absolute atomic E-state index is 0.0542. The highest BCUT2D eigenvalue weighted by Gasteiger charge is 2.13. The third-order valence-corrected chi connectivity index (χ3v) is 3.53. The summed E-state index contributed by atoms with van der Waals surface area (Å²) in [6, 6.07) is 6.05. The van der Waals surface area contributed by atoms with E-state index in [0.29, 0.717) is 22.3 Å². The second-order valence-corrected chi connectivity index (χ2v) is 5.15. The van der Waals surface area contributed by atoms with E-state index in [1.807, 2.05) is 0 Å². The van der Waals surface area contributed by atoms with Crippen molar-refractivity contribution >= 4 is 22.3 Å². The highest BCUT2D eigenvalue weighted by atomic mass is 19.3. The molecule has 2 heterocycles. The lowest BCUT2D eigenvalue weighted by Gasteiger charge is -2.12. The first-order valence-electron chi connectivity index (χ1n) is 7.05. The highest BCUT2D eigenvalue weighted by Crippen LogP contribution is 2.27. The van der Waals surface area contributed by atoms with Gasteiger partial charge in [-0.3, -0.25) is 19.7 Å². The van der Waals surface area contributed by atoms with E-state index in [1.165, 1.54) is 24.5 Å². The van der Waals surface area contributed by atoms with Crippen LogP contribution in [-0.2, 0) is 6.54 Å². The van der Waals surface area contributed by atoms with Crippen molar-refractivity contribution in [3.05, 3.63) is 58.3 Å². The Hall–Kier alpha value is -3.10. The zero-order valence-corrected chi connectivity index (χ0v) is 12.6. The van der Waals surface area contributed by atoms with Crippen molar-refractivity contribution < 1.29 is 13.7 Å². The number of non-ortho nitro benzene ring substituents is 1. The van der Waals surface area contributed by atoms with Crippen LogP contribution in [0.5, 0.6) is 0 Å². The number of halogens is 2. The average Bonchev–Trinajstić information content (AvgIpc) is 3.00. The van der Waals surface area contributed by atoms with Crippen molar-refractivity contribution in [3.63, 3.8) is 0 Å². The molecule has 0 amide bonds. The molecular formula is C15H13F2N5O2. The average molecular weight is 333 g/mol. The fourth-order valence-electron chi connectivity index (χ4n) is 2.44. The molecule has 0 spiro atoms. The summed E-state index contributed by atoms with van der Waals surface area (Å²) in [4.78, 5) is 18.7. The van der Waals surface area contributed by atoms with Gasteiger partial charge in [0, 0.05) is 41.3 Å². The molecule has 124 valence electrons. The van der Waals surface area contributed by atoms with E-state index < -0.39 is 11.5 Å². The van der Waals surface area contributed by atoms with E-state index in [2.05, 4.69) is 15.3 Å². The molecule has 0 radical (unpaired) electrons. The van der Waals surface area contributed by atoms with Crippen LogP contribution in [0.25, 0.3) is 10.9 Å². The van der Waals surface area contributed by atoms with E-state index >= 15 is 0 Å². The van der Waals surface area contributed by atoms with Crippen molar-refractivity contribution in [1.82, 2.24) is 14.5 Å². The molecule has 0 atom stereocenters. The monoisotopic (exact) mass is 333 g/mol. The first kappa shape index (κ1) is 15.8. The van der Waals surface area contributed by atoms with Crippen LogP contribution in [0.4, 0.5) is 20.2 Å². The van der Waals surface area contributed by atoms with Crippen molar-refractivity contribution in [1.29, 1.82) is 0 Å². The lowest BCUT2D eigenvalue weighted by Crippen LogP contribution is -2.09. The van der Waals surface area contributed by atoms with Gasteiger partial charge in [-0.05, 0) is 19.1 Å². The Labute approximate surface area is 135 Å². The third-order valence-electron chi connectivity index (χ3n) is 3.53. The minimum Gasteiger partial charge on any atom is -0.377 e. The van der Waals surface area contributed by atoms with Gasteiger partial charge in [0.05, 0.1) is 17.0 Å². The molecule has 0 fully saturated rings. The number of nitrogens with one attached hydrogen (secondary N) is 1. The fraction of sp³-hybridized carbons (Fsp3) is 0.200. The molecular weight excluding hydrogens is 320 g/mol. The number of aryl methyl sites for hydroxylation is 1. The number of hydrogen-bond donors (Lipinski definition) is 1. The molecule has 0 saturated heterocycles. The molecule has 0 bridgehead atoms. The third kappa shape index (κ3) is 3.00. The largest absolute Gasteiger partial charge is 0.377 e. The second kappa shape index (κ2) is 6.19. The summed E-state index contributed by atoms with van der Waals surface area (Å²) >= 11 is 0. The van der Waals surface area contributed by atoms with Gasteiger partial charge in [0.1, 0.15) is 5.82 Å². The Morgan fingerprint density at radius 2 is 2.17 bits per heavy atom. The number of rotatable bonds is 5. The summed E-state index contributed by atoms with van der Waals surface area (Å²) < 4.78 is 26.5. The molecule has 2 aromatic heterocycles. The molecule has 3 aromatic rings. The summed E-state index contributed by atoms with van der Waals surface area (Å²) in [5, 5.41) is 14.5. The number of anilines is 1. The molecule has 7 nitrogen and oxygen atoms in total. The zero-order chi connectivity index (χ0) is 17.3. The normalized spacial score (nSPS) is 11.2. The minimum atomic E-state index is -2.68. The number of alkyl halides is 2. The van der Waals surface area contributed by atoms with Gasteiger partial charge in [-0.1, -0.05) is 0 Å². The molecule has 0 aliphatic carbocycles. The van der Waals surface area contributed by atoms with Gasteiger partial charge in [-0.2, -0.15) is 8.78 Å². The number of aromatic nitrogens is 3. The summed E-state index contributed by atoms with van der Waals surface area (Å²) in [5.74, 6) is 0.165. The van der Waals surface area contributed by atoms with E-state index in [0.717, 1.165) is 4.57 Å². The predicted octanol–water partition coefficient (Wildman–Crippen LogP) is 3.66. The van der Waals surface area contributed by atoms with Gasteiger partial charge < -0.3 is 5.32 Å². The Morgan fingerprint density at radius 1 is 1.38 bits per heavy atom. The maximum Gasteiger partial charge on any atom is 0.319 e. The van der Waals surface area contributed by atoms with Crippen molar-refractivity contribution in [2.24, 2.45) is 0 Å². The number of fused-ring (bicyclic) bond motifs is 1. The van der Waals surface area contributed by atoms with Crippen molar-refractivity contribution in [2.45, 2.75) is 20.0 Å². The molecule has 24 heavy (non-hydrogen) atoms. The lowest BCUT2D eigenvalue weighted by molar-refractivity contribution is -0.384. The molecule has 0 aliphatic rings. The van der Waals surface area contributed by atoms with Gasteiger partial charge in [0.25, 0.3) is 5.69 Å². The molecule has 1 aromatic carbocycles. The Kier molecular flexibility index (Phi) is 4.07. The van der Waals surface area contributed by atoms with E-state index in [-0.39, 0.29) is 18.1 Å². The number of pyridine rings is 1. The van der Waals surface area contributed by atoms with Gasteiger partial charge in [0.15, 0.2) is 0 Å². The first-order valence-corrected chi connectivity index (χ1v) is 7.05. The molecule has 1 N–H and O–H groups in total. The topological polar surface area (TPSA) is 85.9 Å². The zero-order valence-electron chi connectivity index (χ0n) is 12.6. The molecule has 0 aliphatic heterocycles. The van der Waals surface area contributed by atoms with E-state index in [4.69, 9.17) is 0 Å². The van der Waals surface area contributed by atoms with Crippen LogP contribution in [0.3, 0.4) is 0 Å². The van der Waals surface area contributed by atoms with Crippen LogP contribution in [0.2, 0.25) is 0 Å². The van der Waals surface area contributed by atoms with Gasteiger partial charge in [-0.25, -0.2) is 4.98 Å². The van der Waals surface area contributed by atoms with Gasteiger partial charge >= 0.3 is 6.55 Å². The number of nitro benzene ring substituents is 1. The lowest BCUT2D eigenvalue weighted by atomic mass is 10.1. The number of hydrogen-bond acceptors (Lipinski definition) is 5. The van der Waals surface area contributed by atoms with Crippen LogP contribution < -0.4 is 5.32 Å². The highest BCUT2D eigenvalue weighted by molar-refractivity contribution is 5.93. The molecule has 3 rings (SSSR count). The quantitative estimate of drug-likeness (QED) is 0.569. The maximum absolute atomic E-state index is 12.9. The second-order valence-electron chi connectivity index (χ2n) is 5.15. The Balaban J connectivity index is 1.97. The number of benzene rings is 1. The van der Waals surface area contributed by atoms with E-state index in [1.54, 1.807) is 19.1 Å². The smallest absolute Gasteiger partial charge is 0.319 e. The Bertz CT molecular complexity index is 910. The predicted molar refractivity (Wildman–Crippen MR) is 83.9 cm³/mol. The van der Waals surface area contributed by atoms with Gasteiger partial charge in [0.2, 0.25) is 0 Å². The molecule has 9 heteroatoms. The number of nitrogens with zero attached hydrogens (tertiary/aromatic N) is 4. The number of imidazole rings is 1. The SMILES string of the molecule is Cc1cc(NCc2nccn2C(F)F)c2cc([N+](=O)[O-])ccc2n1. The summed E-state index contributed by atoms with van der Waals surface area (Å²) in [7, 11) is 0. The summed E-state index contributed by atoms with van der Waals surface area (Å²) in [5.41, 5.74) is 1.80. The van der Waals surface area contributed by atoms with Crippen LogP contribution >= 0.6 is 0 Å². The fourth-order valence-corrected chi connectivity index (χ4v) is 2.44. The number of nitro groups is 1. The van der Waals surface area contributed by atoms with Crippen LogP contribution in [0.15, 0.2) is 36.7 Å². The standard InChI is InChI=1S/C15H13F2N5O2/c1-9-6-13(19-8-14-18-4-5-21(14)15(16)17)11-7-10(22(23)24)2-3-12(11)20-9/h2-7,15H,8H2,1H3,(H,19,20). The summed E-state index contributed by atoms with van der Waals surface area (Å²) in [6.07, 6.45) is 2.49.